The minimum atomic E-state index is -0.409. The second-order valence-electron chi connectivity index (χ2n) is 4.93. The fourth-order valence-corrected chi connectivity index (χ4v) is 2.64. The number of ether oxygens (including phenoxy) is 1. The van der Waals surface area contributed by atoms with E-state index in [1.165, 1.54) is 23.8 Å². The minimum Gasteiger partial charge on any atom is -0.484 e. The molecule has 1 aliphatic heterocycles. The van der Waals surface area contributed by atoms with Crippen molar-refractivity contribution >= 4 is 5.78 Å². The van der Waals surface area contributed by atoms with Gasteiger partial charge in [0.25, 0.3) is 0 Å². The Kier molecular flexibility index (Phi) is 3.26. The largest absolute Gasteiger partial charge is 0.484 e. The third-order valence-corrected chi connectivity index (χ3v) is 3.66. The zero-order chi connectivity index (χ0) is 14.1. The van der Waals surface area contributed by atoms with Gasteiger partial charge in [0.2, 0.25) is 0 Å². The lowest BCUT2D eigenvalue weighted by Crippen LogP contribution is -2.21. The smallest absolute Gasteiger partial charge is 0.170 e. The normalized spacial score (nSPS) is 17.5. The monoisotopic (exact) mass is 270 g/mol. The van der Waals surface area contributed by atoms with Gasteiger partial charge < -0.3 is 4.74 Å². The molecule has 0 saturated carbocycles. The molecule has 0 spiro atoms. The van der Waals surface area contributed by atoms with Crippen molar-refractivity contribution in [1.29, 1.82) is 0 Å². The molecule has 0 amide bonds. The average Bonchev–Trinajstić information content (AvgIpc) is 2.47. The van der Waals surface area contributed by atoms with Crippen LogP contribution in [0.15, 0.2) is 42.5 Å². The van der Waals surface area contributed by atoms with Crippen LogP contribution in [-0.4, -0.2) is 5.78 Å². The van der Waals surface area contributed by atoms with Crippen molar-refractivity contribution in [2.24, 2.45) is 0 Å². The molecule has 20 heavy (non-hydrogen) atoms. The maximum absolute atomic E-state index is 13.2. The molecule has 0 saturated heterocycles. The molecular weight excluding hydrogens is 255 g/mol. The van der Waals surface area contributed by atoms with Gasteiger partial charge in [-0.2, -0.15) is 0 Å². The zero-order valence-electron chi connectivity index (χ0n) is 11.2. The van der Waals surface area contributed by atoms with Crippen LogP contribution < -0.4 is 4.74 Å². The molecule has 1 aliphatic rings. The second kappa shape index (κ2) is 5.08. The number of hydrogen-bond donors (Lipinski definition) is 0. The molecular formula is C17H15FO2. The Bertz CT molecular complexity index is 664. The van der Waals surface area contributed by atoms with E-state index in [1.807, 2.05) is 24.3 Å². The lowest BCUT2D eigenvalue weighted by Gasteiger charge is -2.27. The highest BCUT2D eigenvalue weighted by Crippen LogP contribution is 2.36. The standard InChI is InChI=1S/C17H15FO2/c1-2-11-5-3-4-6-13(11)17-10-15(19)14-9-12(18)7-8-16(14)20-17/h3-9,17H,2,10H2,1H3. The number of fused-ring (bicyclic) bond motifs is 1. The summed E-state index contributed by atoms with van der Waals surface area (Å²) in [5.41, 5.74) is 2.56. The van der Waals surface area contributed by atoms with Crippen molar-refractivity contribution in [3.05, 3.63) is 65.0 Å². The highest BCUT2D eigenvalue weighted by atomic mass is 19.1. The van der Waals surface area contributed by atoms with Gasteiger partial charge in [-0.1, -0.05) is 31.2 Å². The molecule has 0 aliphatic carbocycles. The lowest BCUT2D eigenvalue weighted by molar-refractivity contribution is 0.0848. The van der Waals surface area contributed by atoms with E-state index in [0.29, 0.717) is 11.3 Å². The van der Waals surface area contributed by atoms with Crippen LogP contribution in [0.25, 0.3) is 0 Å². The fraction of sp³-hybridized carbons (Fsp3) is 0.235. The van der Waals surface area contributed by atoms with E-state index < -0.39 is 5.82 Å². The van der Waals surface area contributed by atoms with Crippen molar-refractivity contribution in [2.75, 3.05) is 0 Å². The summed E-state index contributed by atoms with van der Waals surface area (Å²) in [6, 6.07) is 12.1. The first-order valence-corrected chi connectivity index (χ1v) is 6.76. The Morgan fingerprint density at radius 1 is 1.25 bits per heavy atom. The van der Waals surface area contributed by atoms with E-state index in [-0.39, 0.29) is 18.3 Å². The number of benzene rings is 2. The highest BCUT2D eigenvalue weighted by Gasteiger charge is 2.28. The van der Waals surface area contributed by atoms with E-state index in [2.05, 4.69) is 6.92 Å². The maximum atomic E-state index is 13.2. The lowest BCUT2D eigenvalue weighted by atomic mass is 9.92. The van der Waals surface area contributed by atoms with Crippen molar-refractivity contribution < 1.29 is 13.9 Å². The maximum Gasteiger partial charge on any atom is 0.170 e. The highest BCUT2D eigenvalue weighted by molar-refractivity contribution is 6.00. The molecule has 2 aromatic rings. The Hall–Kier alpha value is -2.16. The Morgan fingerprint density at radius 3 is 2.85 bits per heavy atom. The average molecular weight is 270 g/mol. The van der Waals surface area contributed by atoms with Crippen LogP contribution in [-0.2, 0) is 6.42 Å². The van der Waals surface area contributed by atoms with Crippen LogP contribution >= 0.6 is 0 Å². The summed E-state index contributed by atoms with van der Waals surface area (Å²) in [6.07, 6.45) is 0.866. The van der Waals surface area contributed by atoms with Gasteiger partial charge in [-0.3, -0.25) is 4.79 Å². The first-order valence-electron chi connectivity index (χ1n) is 6.76. The van der Waals surface area contributed by atoms with E-state index in [9.17, 15) is 9.18 Å². The van der Waals surface area contributed by atoms with Crippen LogP contribution in [0.5, 0.6) is 5.75 Å². The van der Waals surface area contributed by atoms with Crippen molar-refractivity contribution in [3.8, 4) is 5.75 Å². The van der Waals surface area contributed by atoms with Gasteiger partial charge in [-0.15, -0.1) is 0 Å². The summed E-state index contributed by atoms with van der Waals surface area (Å²) in [5.74, 6) is -0.00618. The number of carbonyl (C=O) groups excluding carboxylic acids is 1. The summed E-state index contributed by atoms with van der Waals surface area (Å²) < 4.78 is 19.1. The summed E-state index contributed by atoms with van der Waals surface area (Å²) in [7, 11) is 0. The first kappa shape index (κ1) is 12.9. The second-order valence-corrected chi connectivity index (χ2v) is 4.93. The minimum absolute atomic E-state index is 0.0679. The van der Waals surface area contributed by atoms with Gasteiger partial charge in [-0.25, -0.2) is 4.39 Å². The molecule has 0 N–H and O–H groups in total. The predicted octanol–water partition coefficient (Wildman–Crippen LogP) is 4.09. The first-order chi connectivity index (χ1) is 9.69. The quantitative estimate of drug-likeness (QED) is 0.821. The molecule has 0 radical (unpaired) electrons. The number of rotatable bonds is 2. The van der Waals surface area contributed by atoms with E-state index in [1.54, 1.807) is 0 Å². The number of aryl methyl sites for hydroxylation is 1. The van der Waals surface area contributed by atoms with Crippen LogP contribution in [0.3, 0.4) is 0 Å². The van der Waals surface area contributed by atoms with Gasteiger partial charge >= 0.3 is 0 Å². The number of ketones is 1. The molecule has 102 valence electrons. The SMILES string of the molecule is CCc1ccccc1C1CC(=O)c2cc(F)ccc2O1. The molecule has 2 aromatic carbocycles. The van der Waals surface area contributed by atoms with Crippen molar-refractivity contribution in [1.82, 2.24) is 0 Å². The predicted molar refractivity (Wildman–Crippen MR) is 74.5 cm³/mol. The molecule has 0 bridgehead atoms. The molecule has 0 fully saturated rings. The molecule has 0 aromatic heterocycles. The molecule has 1 atom stereocenters. The summed E-state index contributed by atoms with van der Waals surface area (Å²) in [6.45, 7) is 2.08. The summed E-state index contributed by atoms with van der Waals surface area (Å²) in [4.78, 5) is 12.2. The molecule has 2 nitrogen and oxygen atoms in total. The van der Waals surface area contributed by atoms with Crippen LogP contribution in [0.1, 0.15) is 40.9 Å². The number of Topliss-reactive ketones (excluding diaryl/α,β-unsaturated/α-hetero) is 1. The summed E-state index contributed by atoms with van der Waals surface area (Å²) in [5, 5.41) is 0. The van der Waals surface area contributed by atoms with Gasteiger partial charge in [0.1, 0.15) is 17.7 Å². The third kappa shape index (κ3) is 2.20. The fourth-order valence-electron chi connectivity index (χ4n) is 2.64. The number of carbonyl (C=O) groups is 1. The van der Waals surface area contributed by atoms with Gasteiger partial charge in [0, 0.05) is 0 Å². The van der Waals surface area contributed by atoms with Crippen molar-refractivity contribution in [3.63, 3.8) is 0 Å². The third-order valence-electron chi connectivity index (χ3n) is 3.66. The van der Waals surface area contributed by atoms with Gasteiger partial charge in [0.05, 0.1) is 12.0 Å². The van der Waals surface area contributed by atoms with Crippen LogP contribution in [0, 0.1) is 5.82 Å². The Morgan fingerprint density at radius 2 is 2.05 bits per heavy atom. The van der Waals surface area contributed by atoms with Crippen LogP contribution in [0.2, 0.25) is 0 Å². The summed E-state index contributed by atoms with van der Waals surface area (Å²) >= 11 is 0. The zero-order valence-corrected chi connectivity index (χ0v) is 11.2. The van der Waals surface area contributed by atoms with E-state index in [0.717, 1.165) is 12.0 Å². The number of hydrogen-bond acceptors (Lipinski definition) is 2. The molecule has 1 unspecified atom stereocenters. The van der Waals surface area contributed by atoms with E-state index >= 15 is 0 Å². The Labute approximate surface area is 117 Å². The van der Waals surface area contributed by atoms with Crippen molar-refractivity contribution in [2.45, 2.75) is 25.9 Å². The number of halogens is 1. The van der Waals surface area contributed by atoms with Gasteiger partial charge in [-0.05, 0) is 35.7 Å². The van der Waals surface area contributed by atoms with Crippen LogP contribution in [0.4, 0.5) is 4.39 Å². The van der Waals surface area contributed by atoms with E-state index in [4.69, 9.17) is 4.74 Å². The van der Waals surface area contributed by atoms with Gasteiger partial charge in [0.15, 0.2) is 5.78 Å². The molecule has 1 heterocycles. The molecule has 3 heteroatoms. The molecule has 3 rings (SSSR count). The Balaban J connectivity index is 1.99. The topological polar surface area (TPSA) is 26.3 Å².